The molecular formula is C12H17BrN4O. The van der Waals surface area contributed by atoms with Crippen LogP contribution in [-0.4, -0.2) is 23.5 Å². The lowest BCUT2D eigenvalue weighted by Gasteiger charge is -2.38. The second kappa shape index (κ2) is 5.14. The average molecular weight is 313 g/mol. The SMILES string of the molecule is CC1CCC(C(N)=O)CN1c1ncc(Br)cc1N. The average Bonchev–Trinajstić information content (AvgIpc) is 2.30. The lowest BCUT2D eigenvalue weighted by Crippen LogP contribution is -2.46. The van der Waals surface area contributed by atoms with E-state index in [0.29, 0.717) is 18.3 Å². The number of piperidine rings is 1. The summed E-state index contributed by atoms with van der Waals surface area (Å²) in [4.78, 5) is 17.7. The molecule has 6 heteroatoms. The highest BCUT2D eigenvalue weighted by Gasteiger charge is 2.30. The number of nitrogens with two attached hydrogens (primary N) is 2. The highest BCUT2D eigenvalue weighted by atomic mass is 79.9. The van der Waals surface area contributed by atoms with Crippen molar-refractivity contribution < 1.29 is 4.79 Å². The van der Waals surface area contributed by atoms with Gasteiger partial charge < -0.3 is 16.4 Å². The van der Waals surface area contributed by atoms with Crippen LogP contribution in [-0.2, 0) is 4.79 Å². The summed E-state index contributed by atoms with van der Waals surface area (Å²) in [5, 5.41) is 0. The molecule has 1 fully saturated rings. The molecule has 0 aromatic carbocycles. The molecule has 1 aliphatic heterocycles. The van der Waals surface area contributed by atoms with Crippen molar-refractivity contribution in [2.24, 2.45) is 11.7 Å². The Morgan fingerprint density at radius 3 is 2.89 bits per heavy atom. The van der Waals surface area contributed by atoms with Crippen LogP contribution in [0.2, 0.25) is 0 Å². The number of primary amides is 1. The van der Waals surface area contributed by atoms with Gasteiger partial charge in [0.15, 0.2) is 5.82 Å². The number of aromatic nitrogens is 1. The quantitative estimate of drug-likeness (QED) is 0.867. The van der Waals surface area contributed by atoms with E-state index < -0.39 is 0 Å². The molecule has 2 rings (SSSR count). The fraction of sp³-hybridized carbons (Fsp3) is 0.500. The normalized spacial score (nSPS) is 24.0. The van der Waals surface area contributed by atoms with E-state index in [0.717, 1.165) is 23.1 Å². The number of nitrogen functional groups attached to an aromatic ring is 1. The Kier molecular flexibility index (Phi) is 3.75. The second-order valence-electron chi connectivity index (χ2n) is 4.74. The number of carbonyl (C=O) groups is 1. The summed E-state index contributed by atoms with van der Waals surface area (Å²) in [6.45, 7) is 2.70. The third-order valence-electron chi connectivity index (χ3n) is 3.42. The smallest absolute Gasteiger partial charge is 0.222 e. The van der Waals surface area contributed by atoms with Crippen molar-refractivity contribution >= 4 is 33.3 Å². The molecule has 1 aromatic rings. The van der Waals surface area contributed by atoms with Gasteiger partial charge in [0.25, 0.3) is 0 Å². The molecule has 0 spiro atoms. The molecule has 5 nitrogen and oxygen atoms in total. The zero-order chi connectivity index (χ0) is 13.3. The molecule has 1 saturated heterocycles. The molecule has 0 bridgehead atoms. The number of carbonyl (C=O) groups excluding carboxylic acids is 1. The minimum absolute atomic E-state index is 0.119. The monoisotopic (exact) mass is 312 g/mol. The van der Waals surface area contributed by atoms with E-state index in [9.17, 15) is 4.79 Å². The summed E-state index contributed by atoms with van der Waals surface area (Å²) in [5.74, 6) is 0.366. The van der Waals surface area contributed by atoms with Crippen LogP contribution in [0.1, 0.15) is 19.8 Å². The van der Waals surface area contributed by atoms with Crippen LogP contribution >= 0.6 is 15.9 Å². The second-order valence-corrected chi connectivity index (χ2v) is 5.66. The van der Waals surface area contributed by atoms with Crippen molar-refractivity contribution in [1.82, 2.24) is 4.98 Å². The van der Waals surface area contributed by atoms with Gasteiger partial charge in [-0.1, -0.05) is 0 Å². The third kappa shape index (κ3) is 2.58. The van der Waals surface area contributed by atoms with Crippen LogP contribution in [0.3, 0.4) is 0 Å². The highest BCUT2D eigenvalue weighted by Crippen LogP contribution is 2.31. The predicted molar refractivity (Wildman–Crippen MR) is 75.1 cm³/mol. The van der Waals surface area contributed by atoms with E-state index in [-0.39, 0.29) is 11.8 Å². The van der Waals surface area contributed by atoms with Gasteiger partial charge in [-0.25, -0.2) is 4.98 Å². The number of anilines is 2. The Labute approximate surface area is 115 Å². The highest BCUT2D eigenvalue weighted by molar-refractivity contribution is 9.10. The zero-order valence-corrected chi connectivity index (χ0v) is 11.9. The fourth-order valence-corrected chi connectivity index (χ4v) is 2.67. The molecule has 0 radical (unpaired) electrons. The molecule has 2 unspecified atom stereocenters. The van der Waals surface area contributed by atoms with Crippen molar-refractivity contribution in [3.05, 3.63) is 16.7 Å². The van der Waals surface area contributed by atoms with E-state index >= 15 is 0 Å². The van der Waals surface area contributed by atoms with Gasteiger partial charge in [0.2, 0.25) is 5.91 Å². The van der Waals surface area contributed by atoms with Crippen LogP contribution < -0.4 is 16.4 Å². The number of amides is 1. The minimum Gasteiger partial charge on any atom is -0.396 e. The number of rotatable bonds is 2. The van der Waals surface area contributed by atoms with Gasteiger partial charge in [0.05, 0.1) is 11.6 Å². The van der Waals surface area contributed by atoms with Crippen molar-refractivity contribution in [2.45, 2.75) is 25.8 Å². The summed E-state index contributed by atoms with van der Waals surface area (Å²) in [6.07, 6.45) is 3.47. The summed E-state index contributed by atoms with van der Waals surface area (Å²) in [7, 11) is 0. The summed E-state index contributed by atoms with van der Waals surface area (Å²) >= 11 is 3.34. The van der Waals surface area contributed by atoms with Gasteiger partial charge in [0.1, 0.15) is 0 Å². The summed E-state index contributed by atoms with van der Waals surface area (Å²) in [6, 6.07) is 2.14. The molecular weight excluding hydrogens is 296 g/mol. The Hall–Kier alpha value is -1.30. The maximum absolute atomic E-state index is 11.3. The van der Waals surface area contributed by atoms with Crippen LogP contribution in [0.4, 0.5) is 11.5 Å². The number of hydrogen-bond acceptors (Lipinski definition) is 4. The Morgan fingerprint density at radius 1 is 1.56 bits per heavy atom. The molecule has 0 aliphatic carbocycles. The predicted octanol–water partition coefficient (Wildman–Crippen LogP) is 1.52. The van der Waals surface area contributed by atoms with Gasteiger partial charge >= 0.3 is 0 Å². The summed E-state index contributed by atoms with van der Waals surface area (Å²) < 4.78 is 0.847. The molecule has 2 atom stereocenters. The van der Waals surface area contributed by atoms with E-state index in [1.807, 2.05) is 6.07 Å². The molecule has 1 aliphatic rings. The van der Waals surface area contributed by atoms with Crippen molar-refractivity contribution in [2.75, 3.05) is 17.2 Å². The van der Waals surface area contributed by atoms with Gasteiger partial charge in [0, 0.05) is 23.3 Å². The lowest BCUT2D eigenvalue weighted by atomic mass is 9.93. The maximum atomic E-state index is 11.3. The van der Waals surface area contributed by atoms with Crippen LogP contribution in [0.15, 0.2) is 16.7 Å². The standard InChI is InChI=1S/C12H17BrN4O/c1-7-2-3-8(11(15)18)6-17(7)12-10(14)4-9(13)5-16-12/h4-5,7-8H,2-3,6,14H2,1H3,(H2,15,18). The summed E-state index contributed by atoms with van der Waals surface area (Å²) in [5.41, 5.74) is 12.0. The molecule has 98 valence electrons. The fourth-order valence-electron chi connectivity index (χ4n) is 2.32. The van der Waals surface area contributed by atoms with Crippen LogP contribution in [0.25, 0.3) is 0 Å². The number of nitrogens with zero attached hydrogens (tertiary/aromatic N) is 2. The van der Waals surface area contributed by atoms with Gasteiger partial charge in [-0.2, -0.15) is 0 Å². The van der Waals surface area contributed by atoms with E-state index in [4.69, 9.17) is 11.5 Å². The van der Waals surface area contributed by atoms with Gasteiger partial charge in [-0.15, -0.1) is 0 Å². The van der Waals surface area contributed by atoms with Crippen LogP contribution in [0.5, 0.6) is 0 Å². The zero-order valence-electron chi connectivity index (χ0n) is 10.3. The Morgan fingerprint density at radius 2 is 2.28 bits per heavy atom. The van der Waals surface area contributed by atoms with Gasteiger partial charge in [-0.3, -0.25) is 4.79 Å². The van der Waals surface area contributed by atoms with Crippen molar-refractivity contribution in [1.29, 1.82) is 0 Å². The lowest BCUT2D eigenvalue weighted by molar-refractivity contribution is -0.122. The number of halogens is 1. The van der Waals surface area contributed by atoms with E-state index in [1.165, 1.54) is 0 Å². The first-order valence-electron chi connectivity index (χ1n) is 5.96. The Balaban J connectivity index is 2.26. The van der Waals surface area contributed by atoms with Crippen molar-refractivity contribution in [3.63, 3.8) is 0 Å². The molecule has 0 saturated carbocycles. The third-order valence-corrected chi connectivity index (χ3v) is 3.85. The largest absolute Gasteiger partial charge is 0.396 e. The molecule has 1 aromatic heterocycles. The molecule has 18 heavy (non-hydrogen) atoms. The first kappa shape index (κ1) is 13.1. The van der Waals surface area contributed by atoms with E-state index in [2.05, 4.69) is 32.7 Å². The first-order valence-corrected chi connectivity index (χ1v) is 6.75. The maximum Gasteiger partial charge on any atom is 0.222 e. The minimum atomic E-state index is -0.248. The number of hydrogen-bond donors (Lipinski definition) is 2. The van der Waals surface area contributed by atoms with Crippen LogP contribution in [0, 0.1) is 5.92 Å². The Bertz CT molecular complexity index is 465. The molecule has 4 N–H and O–H groups in total. The first-order chi connectivity index (χ1) is 8.49. The number of pyridine rings is 1. The molecule has 1 amide bonds. The molecule has 2 heterocycles. The van der Waals surface area contributed by atoms with E-state index in [1.54, 1.807) is 6.20 Å². The van der Waals surface area contributed by atoms with Crippen molar-refractivity contribution in [3.8, 4) is 0 Å². The van der Waals surface area contributed by atoms with Gasteiger partial charge in [-0.05, 0) is 41.8 Å². The topological polar surface area (TPSA) is 85.2 Å².